The molecule has 0 aromatic carbocycles. The summed E-state index contributed by atoms with van der Waals surface area (Å²) in [4.78, 5) is 37.7. The second-order valence-corrected chi connectivity index (χ2v) is 12.1. The van der Waals surface area contributed by atoms with E-state index in [-0.39, 0.29) is 12.8 Å². The molecule has 5 rings (SSSR count). The highest BCUT2D eigenvalue weighted by Crippen LogP contribution is 2.23. The number of fused-ring (bicyclic) bond motifs is 8. The molecule has 0 amide bonds. The Morgan fingerprint density at radius 1 is 0.522 bits per heavy atom. The van der Waals surface area contributed by atoms with Crippen molar-refractivity contribution in [2.75, 3.05) is 27.4 Å². The number of ether oxygens (including phenoxy) is 2. The summed E-state index contributed by atoms with van der Waals surface area (Å²) in [5, 5.41) is 22.7. The first kappa shape index (κ1) is 32.8. The molecule has 4 aromatic rings. The number of nitrogens with one attached hydrogen (secondary N) is 4. The fourth-order valence-electron chi connectivity index (χ4n) is 6.52. The standard InChI is InChI=1S/C36H44N4O6/c1-19-23(7-9-35(41)42)33-18-34-24(8-10-36(43)44)20(2)29(40-34)16-32-26(12-14-46-6)22(4)30(39-32)17-31-25(11-13-45-5)21(3)28(37-31)15-27(19)38-33/h15-18,37-40H,7-14H2,1-6H3,(H,41,42)(H,43,44). The zero-order chi connectivity index (χ0) is 33.1. The minimum atomic E-state index is -0.863. The van der Waals surface area contributed by atoms with Crippen LogP contribution in [-0.4, -0.2) is 69.5 Å². The number of carboxylic acid groups (broad SMARTS) is 2. The number of rotatable bonds is 12. The Bertz CT molecular complexity index is 2040. The first-order valence-electron chi connectivity index (χ1n) is 15.7. The molecule has 0 spiro atoms. The number of methoxy groups -OCH3 is 2. The quantitative estimate of drug-likeness (QED) is 0.125. The number of aliphatic carboxylic acids is 2. The largest absolute Gasteiger partial charge is 0.481 e. The molecule has 0 fully saturated rings. The van der Waals surface area contributed by atoms with Gasteiger partial charge in [0.15, 0.2) is 0 Å². The molecule has 1 aliphatic heterocycles. The SMILES string of the molecule is COCCc1c2[nH]c(c1C)C=c1[nH]c(c(CCC(=O)O)c1C)=Cc1[nH]c(c(C)c1CCC(=O)O)C=c1[nH]c(c(C)c1CCOC)=C2. The summed E-state index contributed by atoms with van der Waals surface area (Å²) < 4.78 is 10.9. The summed E-state index contributed by atoms with van der Waals surface area (Å²) in [5.74, 6) is -1.73. The minimum Gasteiger partial charge on any atom is -0.481 e. The predicted octanol–water partition coefficient (Wildman–Crippen LogP) is 2.27. The third-order valence-corrected chi connectivity index (χ3v) is 9.25. The maximum absolute atomic E-state index is 11.6. The maximum Gasteiger partial charge on any atom is 0.303 e. The van der Waals surface area contributed by atoms with Gasteiger partial charge in [0, 0.05) is 71.2 Å². The van der Waals surface area contributed by atoms with Gasteiger partial charge in [0.25, 0.3) is 0 Å². The van der Waals surface area contributed by atoms with Crippen molar-refractivity contribution in [1.29, 1.82) is 0 Å². The Balaban J connectivity index is 1.89. The number of aromatic nitrogens is 4. The van der Waals surface area contributed by atoms with Crippen molar-refractivity contribution in [3.63, 3.8) is 0 Å². The lowest BCUT2D eigenvalue weighted by Crippen LogP contribution is -2.14. The van der Waals surface area contributed by atoms with Crippen molar-refractivity contribution in [3.8, 4) is 0 Å². The highest BCUT2D eigenvalue weighted by molar-refractivity contribution is 5.70. The zero-order valence-corrected chi connectivity index (χ0v) is 27.5. The monoisotopic (exact) mass is 628 g/mol. The van der Waals surface area contributed by atoms with Crippen molar-refractivity contribution >= 4 is 36.2 Å². The van der Waals surface area contributed by atoms with Crippen molar-refractivity contribution in [2.45, 2.75) is 66.2 Å². The Labute approximate surface area is 267 Å². The van der Waals surface area contributed by atoms with Crippen molar-refractivity contribution < 1.29 is 29.3 Å². The summed E-state index contributed by atoms with van der Waals surface area (Å²) in [6.07, 6.45) is 10.5. The van der Waals surface area contributed by atoms with Crippen LogP contribution in [0.3, 0.4) is 0 Å². The van der Waals surface area contributed by atoms with E-state index in [0.717, 1.165) is 96.0 Å². The molecule has 0 saturated carbocycles. The van der Waals surface area contributed by atoms with Crippen LogP contribution >= 0.6 is 0 Å². The molecular weight excluding hydrogens is 584 g/mol. The lowest BCUT2D eigenvalue weighted by Gasteiger charge is -2.02. The first-order chi connectivity index (χ1) is 22.0. The van der Waals surface area contributed by atoms with Crippen LogP contribution in [-0.2, 0) is 44.7 Å². The third-order valence-electron chi connectivity index (χ3n) is 9.25. The minimum absolute atomic E-state index is 0.00598. The van der Waals surface area contributed by atoms with Crippen LogP contribution in [0.2, 0.25) is 0 Å². The van der Waals surface area contributed by atoms with Gasteiger partial charge in [0.05, 0.1) is 13.2 Å². The molecule has 8 bridgehead atoms. The third kappa shape index (κ3) is 6.68. The summed E-state index contributed by atoms with van der Waals surface area (Å²) in [6.45, 7) is 9.41. The summed E-state index contributed by atoms with van der Waals surface area (Å²) in [7, 11) is 3.41. The molecule has 0 aliphatic carbocycles. The van der Waals surface area contributed by atoms with Gasteiger partial charge in [0.2, 0.25) is 0 Å². The van der Waals surface area contributed by atoms with E-state index in [1.807, 2.05) is 19.9 Å². The lowest BCUT2D eigenvalue weighted by atomic mass is 10.0. The van der Waals surface area contributed by atoms with Crippen LogP contribution in [0.1, 0.15) is 80.1 Å². The van der Waals surface area contributed by atoms with Crippen molar-refractivity contribution in [1.82, 2.24) is 19.9 Å². The highest BCUT2D eigenvalue weighted by atomic mass is 16.5. The van der Waals surface area contributed by atoms with Gasteiger partial charge in [-0.25, -0.2) is 0 Å². The highest BCUT2D eigenvalue weighted by Gasteiger charge is 2.18. The normalized spacial score (nSPS) is 12.3. The van der Waals surface area contributed by atoms with Crippen LogP contribution in [0.4, 0.5) is 0 Å². The summed E-state index contributed by atoms with van der Waals surface area (Å²) in [5.41, 5.74) is 12.0. The van der Waals surface area contributed by atoms with Gasteiger partial charge in [-0.05, 0) is 122 Å². The maximum atomic E-state index is 11.6. The Morgan fingerprint density at radius 3 is 1.37 bits per heavy atom. The average Bonchev–Trinajstić information content (AvgIpc) is 3.66. The van der Waals surface area contributed by atoms with E-state index in [4.69, 9.17) is 9.47 Å². The Hall–Kier alpha value is -4.54. The Kier molecular flexibility index (Phi) is 9.88. The molecular formula is C36H44N4O6. The number of carbonyl (C=O) groups is 2. The second kappa shape index (κ2) is 13.8. The van der Waals surface area contributed by atoms with Gasteiger partial charge >= 0.3 is 11.9 Å². The van der Waals surface area contributed by atoms with Crippen LogP contribution < -0.4 is 21.4 Å². The number of carboxylic acids is 2. The molecule has 244 valence electrons. The fourth-order valence-corrected chi connectivity index (χ4v) is 6.52. The van der Waals surface area contributed by atoms with E-state index < -0.39 is 11.9 Å². The molecule has 46 heavy (non-hydrogen) atoms. The van der Waals surface area contributed by atoms with Gasteiger partial charge < -0.3 is 39.6 Å². The van der Waals surface area contributed by atoms with Crippen LogP contribution in [0, 0.1) is 27.7 Å². The summed E-state index contributed by atoms with van der Waals surface area (Å²) >= 11 is 0. The van der Waals surface area contributed by atoms with Gasteiger partial charge in [-0.1, -0.05) is 0 Å². The van der Waals surface area contributed by atoms with E-state index in [0.29, 0.717) is 26.1 Å². The molecule has 0 saturated heterocycles. The van der Waals surface area contributed by atoms with E-state index in [2.05, 4.69) is 52.0 Å². The zero-order valence-electron chi connectivity index (χ0n) is 27.5. The van der Waals surface area contributed by atoms with Crippen LogP contribution in [0.25, 0.3) is 24.3 Å². The molecule has 1 aliphatic rings. The molecule has 10 heteroatoms. The van der Waals surface area contributed by atoms with Gasteiger partial charge in [-0.2, -0.15) is 0 Å². The van der Waals surface area contributed by atoms with Gasteiger partial charge in [-0.15, -0.1) is 0 Å². The number of aromatic amines is 4. The van der Waals surface area contributed by atoms with Crippen LogP contribution in [0.15, 0.2) is 0 Å². The molecule has 10 nitrogen and oxygen atoms in total. The average molecular weight is 629 g/mol. The smallest absolute Gasteiger partial charge is 0.303 e. The van der Waals surface area contributed by atoms with E-state index in [9.17, 15) is 19.8 Å². The number of H-pyrrole nitrogens is 4. The van der Waals surface area contributed by atoms with E-state index in [1.165, 1.54) is 5.56 Å². The van der Waals surface area contributed by atoms with Gasteiger partial charge in [-0.3, -0.25) is 9.59 Å². The molecule has 6 N–H and O–H groups in total. The molecule has 0 atom stereocenters. The predicted molar refractivity (Wildman–Crippen MR) is 178 cm³/mol. The summed E-state index contributed by atoms with van der Waals surface area (Å²) in [6, 6.07) is 0. The van der Waals surface area contributed by atoms with Gasteiger partial charge in [0.1, 0.15) is 0 Å². The second-order valence-electron chi connectivity index (χ2n) is 12.1. The Morgan fingerprint density at radius 2 is 0.891 bits per heavy atom. The van der Waals surface area contributed by atoms with Crippen molar-refractivity contribution in [3.05, 3.63) is 88.7 Å². The molecule has 0 unspecified atom stereocenters. The topological polar surface area (TPSA) is 156 Å². The number of hydrogen-bond acceptors (Lipinski definition) is 4. The van der Waals surface area contributed by atoms with Crippen molar-refractivity contribution in [2.24, 2.45) is 0 Å². The number of hydrogen-bond donors (Lipinski definition) is 6. The van der Waals surface area contributed by atoms with Crippen LogP contribution in [0.5, 0.6) is 0 Å². The molecule has 4 aromatic heterocycles. The molecule has 0 radical (unpaired) electrons. The van der Waals surface area contributed by atoms with E-state index >= 15 is 0 Å². The fraction of sp³-hybridized carbons (Fsp3) is 0.389. The first-order valence-corrected chi connectivity index (χ1v) is 15.7. The van der Waals surface area contributed by atoms with E-state index in [1.54, 1.807) is 14.2 Å². The molecule has 5 heterocycles. The lowest BCUT2D eigenvalue weighted by molar-refractivity contribution is -0.138.